The highest BCUT2D eigenvalue weighted by atomic mass is 19.1. The number of aromatic hydroxyl groups is 1. The molecule has 2 heteroatoms. The van der Waals surface area contributed by atoms with E-state index in [1.54, 1.807) is 18.2 Å². The van der Waals surface area contributed by atoms with E-state index in [0.29, 0.717) is 0 Å². The van der Waals surface area contributed by atoms with Gasteiger partial charge in [-0.2, -0.15) is 0 Å². The number of phenols is 1. The standard InChI is InChI=1S/C13H17FO/c14-10-13(7-2-1-3-8-13)11-5-4-6-12(15)9-11/h4-6,9,15H,1-3,7-8,10H2. The first-order chi connectivity index (χ1) is 7.27. The van der Waals surface area contributed by atoms with E-state index in [0.717, 1.165) is 31.2 Å². The van der Waals surface area contributed by atoms with Crippen LogP contribution in [-0.2, 0) is 5.41 Å². The maximum Gasteiger partial charge on any atom is 0.115 e. The van der Waals surface area contributed by atoms with E-state index in [1.807, 2.05) is 6.07 Å². The van der Waals surface area contributed by atoms with E-state index >= 15 is 0 Å². The van der Waals surface area contributed by atoms with E-state index in [2.05, 4.69) is 0 Å². The zero-order valence-corrected chi connectivity index (χ0v) is 8.88. The highest BCUT2D eigenvalue weighted by Crippen LogP contribution is 2.40. The largest absolute Gasteiger partial charge is 0.508 e. The van der Waals surface area contributed by atoms with Crippen molar-refractivity contribution in [3.8, 4) is 5.75 Å². The highest BCUT2D eigenvalue weighted by Gasteiger charge is 2.34. The van der Waals surface area contributed by atoms with Crippen molar-refractivity contribution in [2.75, 3.05) is 6.67 Å². The monoisotopic (exact) mass is 208 g/mol. The molecular weight excluding hydrogens is 191 g/mol. The molecule has 15 heavy (non-hydrogen) atoms. The molecule has 0 unspecified atom stereocenters. The third-order valence-electron chi connectivity index (χ3n) is 3.52. The molecule has 0 bridgehead atoms. The second-order valence-corrected chi connectivity index (χ2v) is 4.52. The van der Waals surface area contributed by atoms with E-state index in [1.165, 1.54) is 6.42 Å². The fourth-order valence-corrected chi connectivity index (χ4v) is 2.56. The quantitative estimate of drug-likeness (QED) is 0.787. The van der Waals surface area contributed by atoms with Gasteiger partial charge in [0.05, 0.1) is 6.67 Å². The number of rotatable bonds is 2. The number of alkyl halides is 1. The summed E-state index contributed by atoms with van der Waals surface area (Å²) in [6.45, 7) is -0.309. The SMILES string of the molecule is Oc1cccc(C2(CF)CCCCC2)c1. The molecule has 82 valence electrons. The van der Waals surface area contributed by atoms with Gasteiger partial charge in [0.2, 0.25) is 0 Å². The third-order valence-corrected chi connectivity index (χ3v) is 3.52. The Morgan fingerprint density at radius 2 is 1.93 bits per heavy atom. The fraction of sp³-hybridized carbons (Fsp3) is 0.538. The molecule has 1 aromatic carbocycles. The lowest BCUT2D eigenvalue weighted by Crippen LogP contribution is -2.31. The molecule has 0 spiro atoms. The minimum atomic E-state index is -0.322. The average Bonchev–Trinajstić information content (AvgIpc) is 2.30. The Kier molecular flexibility index (Phi) is 2.94. The van der Waals surface area contributed by atoms with Crippen LogP contribution < -0.4 is 0 Å². The summed E-state index contributed by atoms with van der Waals surface area (Å²) >= 11 is 0. The molecule has 1 aliphatic carbocycles. The van der Waals surface area contributed by atoms with Crippen molar-refractivity contribution >= 4 is 0 Å². The van der Waals surface area contributed by atoms with Crippen LogP contribution in [0.1, 0.15) is 37.7 Å². The fourth-order valence-electron chi connectivity index (χ4n) is 2.56. The second-order valence-electron chi connectivity index (χ2n) is 4.52. The van der Waals surface area contributed by atoms with Crippen LogP contribution in [0.5, 0.6) is 5.75 Å². The predicted molar refractivity (Wildman–Crippen MR) is 58.8 cm³/mol. The summed E-state index contributed by atoms with van der Waals surface area (Å²) in [7, 11) is 0. The van der Waals surface area contributed by atoms with Crippen LogP contribution in [0.15, 0.2) is 24.3 Å². The van der Waals surface area contributed by atoms with Crippen molar-refractivity contribution in [3.63, 3.8) is 0 Å². The molecule has 1 aliphatic rings. The summed E-state index contributed by atoms with van der Waals surface area (Å²) in [5.74, 6) is 0.242. The molecule has 0 saturated heterocycles. The minimum absolute atomic E-state index is 0.242. The first kappa shape index (κ1) is 10.5. The lowest BCUT2D eigenvalue weighted by molar-refractivity contribution is 0.226. The van der Waals surface area contributed by atoms with Crippen molar-refractivity contribution in [2.45, 2.75) is 37.5 Å². The molecule has 1 aromatic rings. The average molecular weight is 208 g/mol. The summed E-state index contributed by atoms with van der Waals surface area (Å²) in [5, 5.41) is 9.43. The van der Waals surface area contributed by atoms with E-state index in [4.69, 9.17) is 0 Å². The second kappa shape index (κ2) is 4.21. The zero-order valence-electron chi connectivity index (χ0n) is 8.88. The van der Waals surface area contributed by atoms with Gasteiger partial charge in [-0.3, -0.25) is 4.39 Å². The van der Waals surface area contributed by atoms with Crippen LogP contribution in [0, 0.1) is 0 Å². The number of benzene rings is 1. The molecule has 0 amide bonds. The van der Waals surface area contributed by atoms with Crippen LogP contribution in [-0.4, -0.2) is 11.8 Å². The van der Waals surface area contributed by atoms with E-state index in [-0.39, 0.29) is 17.8 Å². The molecular formula is C13H17FO. The molecule has 1 saturated carbocycles. The first-order valence-electron chi connectivity index (χ1n) is 5.62. The van der Waals surface area contributed by atoms with Crippen molar-refractivity contribution < 1.29 is 9.50 Å². The number of halogens is 1. The van der Waals surface area contributed by atoms with Crippen molar-refractivity contribution in [1.82, 2.24) is 0 Å². The maximum absolute atomic E-state index is 13.3. The van der Waals surface area contributed by atoms with Crippen LogP contribution in [0.25, 0.3) is 0 Å². The van der Waals surface area contributed by atoms with Crippen molar-refractivity contribution in [2.24, 2.45) is 0 Å². The number of phenolic OH excluding ortho intramolecular Hbond substituents is 1. The molecule has 0 aromatic heterocycles. The Morgan fingerprint density at radius 3 is 2.53 bits per heavy atom. The van der Waals surface area contributed by atoms with E-state index in [9.17, 15) is 9.50 Å². The Hall–Kier alpha value is -1.05. The first-order valence-corrected chi connectivity index (χ1v) is 5.62. The third kappa shape index (κ3) is 1.99. The summed E-state index contributed by atoms with van der Waals surface area (Å²) in [6.07, 6.45) is 5.22. The molecule has 0 aliphatic heterocycles. The van der Waals surface area contributed by atoms with Gasteiger partial charge in [-0.25, -0.2) is 0 Å². The van der Waals surface area contributed by atoms with Gasteiger partial charge in [-0.05, 0) is 30.5 Å². The summed E-state index contributed by atoms with van der Waals surface area (Å²) < 4.78 is 13.3. The van der Waals surface area contributed by atoms with Crippen LogP contribution in [0.2, 0.25) is 0 Å². The molecule has 1 nitrogen and oxygen atoms in total. The zero-order chi connectivity index (χ0) is 10.7. The number of hydrogen-bond donors (Lipinski definition) is 1. The van der Waals surface area contributed by atoms with Gasteiger partial charge in [0.25, 0.3) is 0 Å². The van der Waals surface area contributed by atoms with Crippen LogP contribution in [0.4, 0.5) is 4.39 Å². The Balaban J connectivity index is 2.32. The predicted octanol–water partition coefficient (Wildman–Crippen LogP) is 3.56. The van der Waals surface area contributed by atoms with Gasteiger partial charge in [-0.15, -0.1) is 0 Å². The molecule has 0 radical (unpaired) electrons. The topological polar surface area (TPSA) is 20.2 Å². The van der Waals surface area contributed by atoms with Gasteiger partial charge >= 0.3 is 0 Å². The van der Waals surface area contributed by atoms with Gasteiger partial charge in [-0.1, -0.05) is 31.4 Å². The van der Waals surface area contributed by atoms with Gasteiger partial charge in [0.15, 0.2) is 0 Å². The Labute approximate surface area is 89.9 Å². The number of hydrogen-bond acceptors (Lipinski definition) is 1. The van der Waals surface area contributed by atoms with Crippen LogP contribution >= 0.6 is 0 Å². The molecule has 2 rings (SSSR count). The minimum Gasteiger partial charge on any atom is -0.508 e. The van der Waals surface area contributed by atoms with Gasteiger partial charge in [0.1, 0.15) is 5.75 Å². The normalized spacial score (nSPS) is 20.1. The Bertz CT molecular complexity index is 329. The molecule has 0 atom stereocenters. The molecule has 0 heterocycles. The molecule has 1 fully saturated rings. The van der Waals surface area contributed by atoms with Crippen molar-refractivity contribution in [3.05, 3.63) is 29.8 Å². The summed E-state index contributed by atoms with van der Waals surface area (Å²) in [4.78, 5) is 0. The van der Waals surface area contributed by atoms with E-state index < -0.39 is 0 Å². The smallest absolute Gasteiger partial charge is 0.115 e. The molecule has 1 N–H and O–H groups in total. The lowest BCUT2D eigenvalue weighted by Gasteiger charge is -2.35. The Morgan fingerprint density at radius 1 is 1.20 bits per heavy atom. The van der Waals surface area contributed by atoms with Gasteiger partial charge < -0.3 is 5.11 Å². The summed E-state index contributed by atoms with van der Waals surface area (Å²) in [5.41, 5.74) is 0.640. The van der Waals surface area contributed by atoms with Crippen LogP contribution in [0.3, 0.4) is 0 Å². The lowest BCUT2D eigenvalue weighted by atomic mass is 9.70. The summed E-state index contributed by atoms with van der Waals surface area (Å²) in [6, 6.07) is 7.09. The highest BCUT2D eigenvalue weighted by molar-refractivity contribution is 5.33. The maximum atomic E-state index is 13.3. The van der Waals surface area contributed by atoms with Gasteiger partial charge in [0, 0.05) is 5.41 Å². The van der Waals surface area contributed by atoms with Crippen molar-refractivity contribution in [1.29, 1.82) is 0 Å².